The summed E-state index contributed by atoms with van der Waals surface area (Å²) in [5, 5.41) is 11.1. The van der Waals surface area contributed by atoms with Crippen molar-refractivity contribution >= 4 is 41.4 Å². The summed E-state index contributed by atoms with van der Waals surface area (Å²) in [6, 6.07) is 27.7. The maximum atomic E-state index is 14.2. The van der Waals surface area contributed by atoms with E-state index < -0.39 is 64.6 Å². The molecule has 276 valence electrons. The fourth-order valence-electron chi connectivity index (χ4n) is 5.97. The standard InChI is InChI=1S/C41H50N4O6S/c1-6-7-11-24-32-25-34(46)45-40(4,5)39(50)43-33(37(48)44-36(28(2)3)38(49)42-26-35(47)51-32)27-52-41(29-18-12-8-13-19-29,30-20-14-9-15-21-30)31-22-16-10-17-23-31/h8-24,28,32-33,36H,6-7,25-27H2,1-5H3,(H,42,49)(H,43,50)(H,44,48)(H,45,46)/b24-11+/t32-,33-,36-/m1/s1. The van der Waals surface area contributed by atoms with Gasteiger partial charge in [-0.3, -0.25) is 24.0 Å². The Kier molecular flexibility index (Phi) is 14.2. The number of unbranched alkanes of at least 4 members (excludes halogenated alkanes) is 1. The molecule has 0 radical (unpaired) electrons. The summed E-state index contributed by atoms with van der Waals surface area (Å²) in [6.07, 6.45) is 3.90. The van der Waals surface area contributed by atoms with Gasteiger partial charge in [-0.05, 0) is 49.0 Å². The van der Waals surface area contributed by atoms with Crippen LogP contribution < -0.4 is 21.3 Å². The maximum absolute atomic E-state index is 14.2. The Morgan fingerprint density at radius 2 is 1.37 bits per heavy atom. The van der Waals surface area contributed by atoms with Crippen LogP contribution in [-0.4, -0.2) is 65.6 Å². The Bertz CT molecular complexity index is 1600. The molecular formula is C41H50N4O6S. The van der Waals surface area contributed by atoms with E-state index in [1.165, 1.54) is 11.8 Å². The van der Waals surface area contributed by atoms with E-state index in [-0.39, 0.29) is 18.1 Å². The van der Waals surface area contributed by atoms with Gasteiger partial charge in [0.2, 0.25) is 23.6 Å². The molecule has 1 fully saturated rings. The van der Waals surface area contributed by atoms with E-state index >= 15 is 0 Å². The summed E-state index contributed by atoms with van der Waals surface area (Å²) in [5.74, 6) is -3.30. The summed E-state index contributed by atoms with van der Waals surface area (Å²) in [7, 11) is 0. The minimum Gasteiger partial charge on any atom is -0.456 e. The van der Waals surface area contributed by atoms with Gasteiger partial charge in [0.25, 0.3) is 0 Å². The van der Waals surface area contributed by atoms with Crippen molar-refractivity contribution in [2.24, 2.45) is 5.92 Å². The monoisotopic (exact) mass is 726 g/mol. The number of amides is 4. The molecule has 0 spiro atoms. The van der Waals surface area contributed by atoms with E-state index in [1.54, 1.807) is 33.8 Å². The Labute approximate surface area is 310 Å². The number of hydrogen-bond acceptors (Lipinski definition) is 7. The molecule has 0 bridgehead atoms. The second kappa shape index (κ2) is 18.5. The topological polar surface area (TPSA) is 143 Å². The van der Waals surface area contributed by atoms with E-state index in [0.717, 1.165) is 29.5 Å². The average Bonchev–Trinajstić information content (AvgIpc) is 3.13. The number of carbonyl (C=O) groups excluding carboxylic acids is 5. The smallest absolute Gasteiger partial charge is 0.326 e. The average molecular weight is 727 g/mol. The van der Waals surface area contributed by atoms with E-state index in [4.69, 9.17) is 4.74 Å². The number of nitrogens with one attached hydrogen (secondary N) is 4. The van der Waals surface area contributed by atoms with Gasteiger partial charge in [-0.15, -0.1) is 11.8 Å². The van der Waals surface area contributed by atoms with Crippen LogP contribution in [0.3, 0.4) is 0 Å². The highest BCUT2D eigenvalue weighted by atomic mass is 32.2. The quantitative estimate of drug-likeness (QED) is 0.131. The van der Waals surface area contributed by atoms with Crippen LogP contribution in [0.1, 0.15) is 70.6 Å². The van der Waals surface area contributed by atoms with Crippen molar-refractivity contribution in [1.82, 2.24) is 21.3 Å². The van der Waals surface area contributed by atoms with Crippen molar-refractivity contribution in [3.05, 3.63) is 120 Å². The number of benzene rings is 3. The van der Waals surface area contributed by atoms with Crippen molar-refractivity contribution < 1.29 is 28.7 Å². The second-order valence-corrected chi connectivity index (χ2v) is 14.9. The van der Waals surface area contributed by atoms with Gasteiger partial charge in [-0.2, -0.15) is 0 Å². The Hall–Kier alpha value is -4.90. The first kappa shape index (κ1) is 39.9. The number of carbonyl (C=O) groups is 5. The molecule has 0 saturated carbocycles. The first-order valence-corrected chi connectivity index (χ1v) is 18.7. The summed E-state index contributed by atoms with van der Waals surface area (Å²) < 4.78 is 4.72. The highest BCUT2D eigenvalue weighted by Gasteiger charge is 2.41. The minimum atomic E-state index is -1.46. The summed E-state index contributed by atoms with van der Waals surface area (Å²) >= 11 is 1.48. The predicted octanol–water partition coefficient (Wildman–Crippen LogP) is 5.02. The fraction of sp³-hybridized carbons (Fsp3) is 0.390. The molecule has 0 aliphatic carbocycles. The zero-order valence-electron chi connectivity index (χ0n) is 30.5. The maximum Gasteiger partial charge on any atom is 0.326 e. The molecule has 1 heterocycles. The fourth-order valence-corrected chi connectivity index (χ4v) is 7.53. The number of cyclic esters (lactones) is 1. The van der Waals surface area contributed by atoms with Crippen LogP contribution in [0, 0.1) is 5.92 Å². The molecule has 0 unspecified atom stereocenters. The lowest BCUT2D eigenvalue weighted by Gasteiger charge is -2.37. The molecule has 52 heavy (non-hydrogen) atoms. The molecule has 3 aromatic carbocycles. The molecule has 3 aromatic rings. The van der Waals surface area contributed by atoms with Crippen molar-refractivity contribution in [1.29, 1.82) is 0 Å². The van der Waals surface area contributed by atoms with Crippen LogP contribution in [0.25, 0.3) is 0 Å². The third kappa shape index (κ3) is 10.3. The molecule has 1 aliphatic heterocycles. The van der Waals surface area contributed by atoms with E-state index in [0.29, 0.717) is 0 Å². The summed E-state index contributed by atoms with van der Waals surface area (Å²) in [4.78, 5) is 67.7. The third-order valence-electron chi connectivity index (χ3n) is 8.78. The predicted molar refractivity (Wildman–Crippen MR) is 204 cm³/mol. The van der Waals surface area contributed by atoms with E-state index in [2.05, 4.69) is 21.3 Å². The SMILES string of the molecule is CCC/C=C/[C@@H]1CC(=O)NC(C)(C)C(=O)N[C@H](CSC(c2ccccc2)(c2ccccc2)c2ccccc2)C(=O)N[C@H](C(C)C)C(=O)NCC(=O)O1. The lowest BCUT2D eigenvalue weighted by atomic mass is 9.84. The van der Waals surface area contributed by atoms with Crippen LogP contribution in [0.4, 0.5) is 0 Å². The van der Waals surface area contributed by atoms with Gasteiger partial charge < -0.3 is 26.0 Å². The highest BCUT2D eigenvalue weighted by molar-refractivity contribution is 8.00. The first-order valence-electron chi connectivity index (χ1n) is 17.7. The number of hydrogen-bond donors (Lipinski definition) is 4. The van der Waals surface area contributed by atoms with Crippen LogP contribution in [0.5, 0.6) is 0 Å². The molecule has 4 rings (SSSR count). The molecule has 0 aromatic heterocycles. The second-order valence-electron chi connectivity index (χ2n) is 13.7. The van der Waals surface area contributed by atoms with E-state index in [9.17, 15) is 24.0 Å². The zero-order valence-corrected chi connectivity index (χ0v) is 31.3. The normalized spacial score (nSPS) is 20.8. The molecule has 4 amide bonds. The largest absolute Gasteiger partial charge is 0.456 e. The summed E-state index contributed by atoms with van der Waals surface area (Å²) in [6.45, 7) is 8.20. The van der Waals surface area contributed by atoms with Gasteiger partial charge in [0.05, 0.1) is 11.2 Å². The van der Waals surface area contributed by atoms with Gasteiger partial charge in [-0.1, -0.05) is 124 Å². The van der Waals surface area contributed by atoms with Crippen LogP contribution >= 0.6 is 11.8 Å². The molecule has 11 heteroatoms. The molecule has 1 saturated heterocycles. The lowest BCUT2D eigenvalue weighted by molar-refractivity contribution is -0.149. The van der Waals surface area contributed by atoms with Crippen molar-refractivity contribution in [2.45, 2.75) is 82.4 Å². The highest BCUT2D eigenvalue weighted by Crippen LogP contribution is 2.48. The Morgan fingerprint density at radius 1 is 0.827 bits per heavy atom. The van der Waals surface area contributed by atoms with Crippen molar-refractivity contribution in [3.63, 3.8) is 0 Å². The molecule has 4 N–H and O–H groups in total. The minimum absolute atomic E-state index is 0.0866. The Balaban J connectivity index is 1.76. The molecule has 10 nitrogen and oxygen atoms in total. The van der Waals surface area contributed by atoms with Gasteiger partial charge in [-0.25, -0.2) is 0 Å². The number of thioether (sulfide) groups is 1. The number of rotatable bonds is 10. The third-order valence-corrected chi connectivity index (χ3v) is 10.4. The van der Waals surface area contributed by atoms with Gasteiger partial charge >= 0.3 is 5.97 Å². The van der Waals surface area contributed by atoms with Crippen molar-refractivity contribution in [2.75, 3.05) is 12.3 Å². The first-order chi connectivity index (χ1) is 24.9. The molecule has 3 atom stereocenters. The van der Waals surface area contributed by atoms with Crippen LogP contribution in [-0.2, 0) is 33.5 Å². The lowest BCUT2D eigenvalue weighted by Crippen LogP contribution is -2.62. The van der Waals surface area contributed by atoms with Gasteiger partial charge in [0.15, 0.2) is 0 Å². The van der Waals surface area contributed by atoms with E-state index in [1.807, 2.05) is 104 Å². The summed E-state index contributed by atoms with van der Waals surface area (Å²) in [5.41, 5.74) is 1.46. The number of ether oxygens (including phenoxy) is 1. The van der Waals surface area contributed by atoms with Gasteiger partial charge in [0.1, 0.15) is 30.3 Å². The van der Waals surface area contributed by atoms with Crippen LogP contribution in [0.2, 0.25) is 0 Å². The van der Waals surface area contributed by atoms with Crippen LogP contribution in [0.15, 0.2) is 103 Å². The molecular weight excluding hydrogens is 677 g/mol. The van der Waals surface area contributed by atoms with Crippen molar-refractivity contribution in [3.8, 4) is 0 Å². The number of esters is 1. The number of allylic oxidation sites excluding steroid dienone is 1. The molecule has 1 aliphatic rings. The van der Waals surface area contributed by atoms with Gasteiger partial charge in [0, 0.05) is 5.75 Å². The Morgan fingerprint density at radius 3 is 1.87 bits per heavy atom. The zero-order chi connectivity index (χ0) is 37.7.